The molecule has 2 rings (SSSR count). The van der Waals surface area contributed by atoms with E-state index in [4.69, 9.17) is 0 Å². The van der Waals surface area contributed by atoms with E-state index in [2.05, 4.69) is 8.93 Å². The van der Waals surface area contributed by atoms with Gasteiger partial charge in [0.25, 0.3) is 0 Å². The lowest BCUT2D eigenvalue weighted by molar-refractivity contribution is 0.505. The van der Waals surface area contributed by atoms with Crippen LogP contribution in [0, 0.1) is 18.6 Å². The number of rotatable bonds is 2. The number of hydrogen-bond donors (Lipinski definition) is 0. The summed E-state index contributed by atoms with van der Waals surface area (Å²) in [7, 11) is 3.28. The van der Waals surface area contributed by atoms with Crippen LogP contribution in [0.1, 0.15) is 5.56 Å². The second-order valence-electron chi connectivity index (χ2n) is 3.78. The van der Waals surface area contributed by atoms with Gasteiger partial charge in [-0.15, -0.1) is 8.93 Å². The highest BCUT2D eigenvalue weighted by Gasteiger charge is 2.12. The average molecular weight is 268 g/mol. The van der Waals surface area contributed by atoms with Crippen molar-refractivity contribution in [1.29, 1.82) is 0 Å². The number of aryl methyl sites for hydroxylation is 1. The Morgan fingerprint density at radius 1 is 0.941 bits per heavy atom. The van der Waals surface area contributed by atoms with Gasteiger partial charge in [-0.25, -0.2) is 8.78 Å². The summed E-state index contributed by atoms with van der Waals surface area (Å²) in [6, 6.07) is 10.7. The number of benzene rings is 2. The Balaban J connectivity index is 2.49. The van der Waals surface area contributed by atoms with Crippen LogP contribution in [0.3, 0.4) is 0 Å². The predicted octanol–water partition coefficient (Wildman–Crippen LogP) is 4.03. The highest BCUT2D eigenvalue weighted by atomic mass is 32.0. The molecule has 2 aromatic rings. The van der Waals surface area contributed by atoms with Gasteiger partial charge in [0.05, 0.1) is 0 Å². The first-order valence-corrected chi connectivity index (χ1v) is 7.96. The van der Waals surface area contributed by atoms with Gasteiger partial charge in [0.15, 0.2) is 11.6 Å². The van der Waals surface area contributed by atoms with Gasteiger partial charge in [-0.2, -0.15) is 0 Å². The van der Waals surface area contributed by atoms with Crippen LogP contribution in [0.2, 0.25) is 0 Å². The average Bonchev–Trinajstić information content (AvgIpc) is 2.36. The standard InChI is InChI=1S/C13H12F2P2/c1-8-2-7-11(13(15)12(8)14)9-3-5-10(17-16)6-4-9/h2-7,17H,16H2,1H3. The monoisotopic (exact) mass is 268 g/mol. The smallest absolute Gasteiger partial charge is 0.166 e. The molecule has 0 spiro atoms. The molecule has 0 aliphatic carbocycles. The lowest BCUT2D eigenvalue weighted by Gasteiger charge is -2.07. The molecule has 0 heterocycles. The maximum Gasteiger partial charge on any atom is 0.166 e. The lowest BCUT2D eigenvalue weighted by atomic mass is 10.0. The van der Waals surface area contributed by atoms with E-state index in [1.54, 1.807) is 19.1 Å². The molecule has 0 saturated heterocycles. The van der Waals surface area contributed by atoms with Gasteiger partial charge in [-0.3, -0.25) is 0 Å². The zero-order chi connectivity index (χ0) is 12.4. The molecule has 0 bridgehead atoms. The summed E-state index contributed by atoms with van der Waals surface area (Å²) in [5, 5.41) is 1.17. The molecule has 88 valence electrons. The summed E-state index contributed by atoms with van der Waals surface area (Å²) < 4.78 is 27.2. The summed E-state index contributed by atoms with van der Waals surface area (Å²) in [5.74, 6) is -1.54. The zero-order valence-electron chi connectivity index (χ0n) is 9.30. The molecule has 17 heavy (non-hydrogen) atoms. The van der Waals surface area contributed by atoms with E-state index in [9.17, 15) is 8.78 Å². The molecule has 0 amide bonds. The van der Waals surface area contributed by atoms with Crippen LogP contribution in [-0.4, -0.2) is 0 Å². The maximum absolute atomic E-state index is 13.8. The molecule has 0 aliphatic heterocycles. The first kappa shape index (κ1) is 12.6. The Hall–Kier alpha value is -0.840. The van der Waals surface area contributed by atoms with Gasteiger partial charge in [0, 0.05) is 5.56 Å². The summed E-state index contributed by atoms with van der Waals surface area (Å²) >= 11 is 0. The second kappa shape index (κ2) is 5.21. The van der Waals surface area contributed by atoms with Crippen molar-refractivity contribution >= 4 is 22.5 Å². The molecular formula is C13H12F2P2. The summed E-state index contributed by atoms with van der Waals surface area (Å²) in [6.07, 6.45) is 0. The molecule has 0 radical (unpaired) electrons. The molecule has 0 nitrogen and oxygen atoms in total. The van der Waals surface area contributed by atoms with Crippen molar-refractivity contribution < 1.29 is 8.78 Å². The molecule has 0 saturated carbocycles. The first-order valence-electron chi connectivity index (χ1n) is 5.15. The number of halogens is 2. The molecule has 2 atom stereocenters. The molecule has 0 aromatic heterocycles. The van der Waals surface area contributed by atoms with Crippen molar-refractivity contribution in [1.82, 2.24) is 0 Å². The van der Waals surface area contributed by atoms with Crippen LogP contribution in [0.25, 0.3) is 11.1 Å². The predicted molar refractivity (Wildman–Crippen MR) is 74.2 cm³/mol. The minimum Gasteiger partial charge on any atom is -0.203 e. The molecule has 2 unspecified atom stereocenters. The largest absolute Gasteiger partial charge is 0.203 e. The summed E-state index contributed by atoms with van der Waals surface area (Å²) in [5.41, 5.74) is 1.34. The second-order valence-corrected chi connectivity index (χ2v) is 5.51. The molecule has 0 fully saturated rings. The molecule has 2 aromatic carbocycles. The van der Waals surface area contributed by atoms with E-state index in [1.807, 2.05) is 24.3 Å². The van der Waals surface area contributed by atoms with Gasteiger partial charge in [0.2, 0.25) is 0 Å². The fourth-order valence-corrected chi connectivity index (χ4v) is 2.55. The fourth-order valence-electron chi connectivity index (χ4n) is 1.61. The number of hydrogen-bond acceptors (Lipinski definition) is 0. The maximum atomic E-state index is 13.8. The van der Waals surface area contributed by atoms with E-state index >= 15 is 0 Å². The lowest BCUT2D eigenvalue weighted by Crippen LogP contribution is -1.95. The Morgan fingerprint density at radius 2 is 1.59 bits per heavy atom. The Bertz CT molecular complexity index is 536. The van der Waals surface area contributed by atoms with Crippen LogP contribution in [0.15, 0.2) is 36.4 Å². The van der Waals surface area contributed by atoms with Crippen LogP contribution in [-0.2, 0) is 0 Å². The van der Waals surface area contributed by atoms with E-state index in [0.717, 1.165) is 0 Å². The molecule has 0 N–H and O–H groups in total. The summed E-state index contributed by atoms with van der Waals surface area (Å²) in [6.45, 7) is 1.56. The van der Waals surface area contributed by atoms with Gasteiger partial charge in [-0.1, -0.05) is 44.7 Å². The SMILES string of the molecule is Cc1ccc(-c2ccc(PP)cc2)c(F)c1F. The van der Waals surface area contributed by atoms with Gasteiger partial charge in [-0.05, 0) is 23.4 Å². The molecular weight excluding hydrogens is 256 g/mol. The van der Waals surface area contributed by atoms with E-state index in [-0.39, 0.29) is 0 Å². The fraction of sp³-hybridized carbons (Fsp3) is 0.0769. The third-order valence-electron chi connectivity index (χ3n) is 2.64. The van der Waals surface area contributed by atoms with Crippen molar-refractivity contribution in [3.63, 3.8) is 0 Å². The van der Waals surface area contributed by atoms with Crippen LogP contribution >= 0.6 is 17.2 Å². The molecule has 0 aliphatic rings. The first-order chi connectivity index (χ1) is 8.13. The van der Waals surface area contributed by atoms with Crippen LogP contribution in [0.5, 0.6) is 0 Å². The third kappa shape index (κ3) is 2.54. The topological polar surface area (TPSA) is 0 Å². The van der Waals surface area contributed by atoms with Crippen LogP contribution in [0.4, 0.5) is 8.78 Å². The molecule has 4 heteroatoms. The minimum absolute atomic E-state index is 0.312. The minimum atomic E-state index is -0.772. The Labute approximate surface area is 103 Å². The zero-order valence-corrected chi connectivity index (χ0v) is 11.5. The van der Waals surface area contributed by atoms with Crippen molar-refractivity contribution in [2.45, 2.75) is 6.92 Å². The Morgan fingerprint density at radius 3 is 2.18 bits per heavy atom. The highest BCUT2D eigenvalue weighted by molar-refractivity contribution is 8.06. The van der Waals surface area contributed by atoms with Gasteiger partial charge >= 0.3 is 0 Å². The van der Waals surface area contributed by atoms with E-state index in [0.29, 0.717) is 25.0 Å². The van der Waals surface area contributed by atoms with Crippen molar-refractivity contribution in [3.05, 3.63) is 53.6 Å². The van der Waals surface area contributed by atoms with Crippen LogP contribution < -0.4 is 5.30 Å². The Kier molecular flexibility index (Phi) is 3.86. The van der Waals surface area contributed by atoms with E-state index in [1.165, 1.54) is 5.30 Å². The van der Waals surface area contributed by atoms with Gasteiger partial charge < -0.3 is 0 Å². The quantitative estimate of drug-likeness (QED) is 0.721. The summed E-state index contributed by atoms with van der Waals surface area (Å²) in [4.78, 5) is 0. The van der Waals surface area contributed by atoms with Gasteiger partial charge in [0.1, 0.15) is 0 Å². The third-order valence-corrected chi connectivity index (χ3v) is 4.30. The highest BCUT2D eigenvalue weighted by Crippen LogP contribution is 2.27. The van der Waals surface area contributed by atoms with Crippen molar-refractivity contribution in [2.24, 2.45) is 0 Å². The van der Waals surface area contributed by atoms with E-state index < -0.39 is 11.6 Å². The van der Waals surface area contributed by atoms with Crippen molar-refractivity contribution in [2.75, 3.05) is 0 Å². The normalized spacial score (nSPS) is 11.3. The van der Waals surface area contributed by atoms with Crippen molar-refractivity contribution in [3.8, 4) is 11.1 Å².